The fraction of sp³-hybridized carbons (Fsp3) is 0.467. The SMILES string of the molecule is COc1ccc(C(O)C2=COCCC2)c(OC)c1OC. The first-order valence-corrected chi connectivity index (χ1v) is 6.50. The molecule has 0 fully saturated rings. The first-order chi connectivity index (χ1) is 9.72. The van der Waals surface area contributed by atoms with E-state index in [0.717, 1.165) is 18.4 Å². The van der Waals surface area contributed by atoms with E-state index in [0.29, 0.717) is 29.4 Å². The number of aliphatic hydroxyl groups is 1. The fourth-order valence-electron chi connectivity index (χ4n) is 2.33. The number of methoxy groups -OCH3 is 3. The maximum atomic E-state index is 10.5. The lowest BCUT2D eigenvalue weighted by Crippen LogP contribution is -2.10. The van der Waals surface area contributed by atoms with E-state index < -0.39 is 6.10 Å². The molecule has 1 atom stereocenters. The van der Waals surface area contributed by atoms with Gasteiger partial charge in [-0.05, 0) is 30.5 Å². The highest BCUT2D eigenvalue weighted by molar-refractivity contribution is 5.57. The Bertz CT molecular complexity index is 495. The molecule has 110 valence electrons. The molecule has 0 saturated carbocycles. The Balaban J connectivity index is 2.42. The molecule has 20 heavy (non-hydrogen) atoms. The van der Waals surface area contributed by atoms with E-state index in [2.05, 4.69) is 0 Å². The molecule has 2 rings (SSSR count). The molecule has 1 unspecified atom stereocenters. The molecule has 1 N–H and O–H groups in total. The van der Waals surface area contributed by atoms with Crippen LogP contribution in [0.1, 0.15) is 24.5 Å². The molecule has 0 aromatic heterocycles. The molecule has 1 aliphatic rings. The largest absolute Gasteiger partial charge is 0.501 e. The summed E-state index contributed by atoms with van der Waals surface area (Å²) in [6.45, 7) is 0.694. The summed E-state index contributed by atoms with van der Waals surface area (Å²) in [4.78, 5) is 0. The van der Waals surface area contributed by atoms with Crippen molar-refractivity contribution >= 4 is 0 Å². The second-order valence-electron chi connectivity index (χ2n) is 4.49. The first-order valence-electron chi connectivity index (χ1n) is 6.50. The second-order valence-corrected chi connectivity index (χ2v) is 4.49. The summed E-state index contributed by atoms with van der Waals surface area (Å²) in [5, 5.41) is 10.5. The zero-order valence-corrected chi connectivity index (χ0v) is 12.0. The molecule has 1 aromatic carbocycles. The van der Waals surface area contributed by atoms with Gasteiger partial charge in [0, 0.05) is 5.56 Å². The average Bonchev–Trinajstić information content (AvgIpc) is 2.53. The Morgan fingerprint density at radius 1 is 1.10 bits per heavy atom. The molecular formula is C15H20O5. The number of hydrogen-bond acceptors (Lipinski definition) is 5. The van der Waals surface area contributed by atoms with Crippen molar-refractivity contribution in [1.29, 1.82) is 0 Å². The minimum Gasteiger partial charge on any atom is -0.501 e. The quantitative estimate of drug-likeness (QED) is 0.897. The number of ether oxygens (including phenoxy) is 4. The molecule has 0 saturated heterocycles. The summed E-state index contributed by atoms with van der Waals surface area (Å²) in [7, 11) is 4.64. The Morgan fingerprint density at radius 2 is 1.85 bits per heavy atom. The molecule has 1 aromatic rings. The number of rotatable bonds is 5. The number of benzene rings is 1. The zero-order valence-electron chi connectivity index (χ0n) is 12.0. The van der Waals surface area contributed by atoms with Crippen molar-refractivity contribution in [3.8, 4) is 17.2 Å². The van der Waals surface area contributed by atoms with Gasteiger partial charge in [0.2, 0.25) is 5.75 Å². The summed E-state index contributed by atoms with van der Waals surface area (Å²) in [6, 6.07) is 3.53. The summed E-state index contributed by atoms with van der Waals surface area (Å²) < 4.78 is 21.2. The Kier molecular flexibility index (Phi) is 4.74. The topological polar surface area (TPSA) is 57.2 Å². The Morgan fingerprint density at radius 3 is 2.40 bits per heavy atom. The van der Waals surface area contributed by atoms with Gasteiger partial charge < -0.3 is 24.1 Å². The van der Waals surface area contributed by atoms with Crippen LogP contribution in [0, 0.1) is 0 Å². The van der Waals surface area contributed by atoms with Crippen molar-refractivity contribution in [3.63, 3.8) is 0 Å². The van der Waals surface area contributed by atoms with Crippen LogP contribution in [0.2, 0.25) is 0 Å². The van der Waals surface area contributed by atoms with Gasteiger partial charge in [-0.2, -0.15) is 0 Å². The normalized spacial score (nSPS) is 15.9. The van der Waals surface area contributed by atoms with Gasteiger partial charge >= 0.3 is 0 Å². The number of aliphatic hydroxyl groups excluding tert-OH is 1. The van der Waals surface area contributed by atoms with Gasteiger partial charge in [-0.1, -0.05) is 0 Å². The maximum Gasteiger partial charge on any atom is 0.203 e. The second kappa shape index (κ2) is 6.52. The molecule has 0 radical (unpaired) electrons. The third kappa shape index (κ3) is 2.67. The van der Waals surface area contributed by atoms with Gasteiger partial charge in [0.05, 0.1) is 34.2 Å². The molecule has 1 aliphatic heterocycles. The minimum absolute atomic E-state index is 0.476. The highest BCUT2D eigenvalue weighted by Gasteiger charge is 2.24. The van der Waals surface area contributed by atoms with Gasteiger partial charge in [0.15, 0.2) is 11.5 Å². The van der Waals surface area contributed by atoms with Crippen LogP contribution in [0.15, 0.2) is 24.0 Å². The fourth-order valence-corrected chi connectivity index (χ4v) is 2.33. The molecule has 0 spiro atoms. The predicted molar refractivity (Wildman–Crippen MR) is 74.3 cm³/mol. The van der Waals surface area contributed by atoms with E-state index in [1.165, 1.54) is 0 Å². The van der Waals surface area contributed by atoms with Gasteiger partial charge in [-0.3, -0.25) is 0 Å². The van der Waals surface area contributed by atoms with Crippen LogP contribution in [0.3, 0.4) is 0 Å². The van der Waals surface area contributed by atoms with Crippen molar-refractivity contribution in [2.75, 3.05) is 27.9 Å². The predicted octanol–water partition coefficient (Wildman–Crippen LogP) is 2.44. The van der Waals surface area contributed by atoms with Crippen LogP contribution in [0.4, 0.5) is 0 Å². The lowest BCUT2D eigenvalue weighted by atomic mass is 9.96. The Hall–Kier alpha value is -1.88. The van der Waals surface area contributed by atoms with Crippen molar-refractivity contribution in [3.05, 3.63) is 29.5 Å². The lowest BCUT2D eigenvalue weighted by Gasteiger charge is -2.22. The van der Waals surface area contributed by atoms with Crippen LogP contribution >= 0.6 is 0 Å². The highest BCUT2D eigenvalue weighted by Crippen LogP contribution is 2.44. The summed E-state index contributed by atoms with van der Waals surface area (Å²) in [5.41, 5.74) is 1.48. The molecule has 0 aliphatic carbocycles. The molecule has 0 amide bonds. The summed E-state index contributed by atoms with van der Waals surface area (Å²) >= 11 is 0. The monoisotopic (exact) mass is 280 g/mol. The van der Waals surface area contributed by atoms with E-state index in [4.69, 9.17) is 18.9 Å². The van der Waals surface area contributed by atoms with Crippen LogP contribution in [-0.2, 0) is 4.74 Å². The third-order valence-corrected chi connectivity index (χ3v) is 3.34. The van der Waals surface area contributed by atoms with Gasteiger partial charge in [-0.25, -0.2) is 0 Å². The lowest BCUT2D eigenvalue weighted by molar-refractivity contribution is 0.167. The average molecular weight is 280 g/mol. The first kappa shape index (κ1) is 14.5. The van der Waals surface area contributed by atoms with Crippen molar-refractivity contribution in [2.45, 2.75) is 18.9 Å². The number of hydrogen-bond donors (Lipinski definition) is 1. The van der Waals surface area contributed by atoms with Crippen molar-refractivity contribution in [2.24, 2.45) is 0 Å². The van der Waals surface area contributed by atoms with Gasteiger partial charge in [0.25, 0.3) is 0 Å². The smallest absolute Gasteiger partial charge is 0.203 e. The van der Waals surface area contributed by atoms with E-state index in [-0.39, 0.29) is 0 Å². The summed E-state index contributed by atoms with van der Waals surface area (Å²) in [6.07, 6.45) is 2.56. The van der Waals surface area contributed by atoms with Gasteiger partial charge in [-0.15, -0.1) is 0 Å². The third-order valence-electron chi connectivity index (χ3n) is 3.34. The van der Waals surface area contributed by atoms with Crippen LogP contribution in [-0.4, -0.2) is 33.0 Å². The molecule has 1 heterocycles. The van der Waals surface area contributed by atoms with E-state index in [1.54, 1.807) is 39.7 Å². The van der Waals surface area contributed by atoms with E-state index in [9.17, 15) is 5.11 Å². The molecule has 0 bridgehead atoms. The van der Waals surface area contributed by atoms with E-state index in [1.807, 2.05) is 0 Å². The van der Waals surface area contributed by atoms with Gasteiger partial charge in [0.1, 0.15) is 6.10 Å². The molecule has 5 heteroatoms. The zero-order chi connectivity index (χ0) is 14.5. The summed E-state index contributed by atoms with van der Waals surface area (Å²) in [5.74, 6) is 1.52. The van der Waals surface area contributed by atoms with Crippen molar-refractivity contribution < 1.29 is 24.1 Å². The van der Waals surface area contributed by atoms with Crippen LogP contribution < -0.4 is 14.2 Å². The molecular weight excluding hydrogens is 260 g/mol. The van der Waals surface area contributed by atoms with Crippen molar-refractivity contribution in [1.82, 2.24) is 0 Å². The maximum absolute atomic E-state index is 10.5. The van der Waals surface area contributed by atoms with Crippen LogP contribution in [0.5, 0.6) is 17.2 Å². The minimum atomic E-state index is -0.773. The van der Waals surface area contributed by atoms with Crippen LogP contribution in [0.25, 0.3) is 0 Å². The Labute approximate surface area is 118 Å². The highest BCUT2D eigenvalue weighted by atomic mass is 16.5. The standard InChI is InChI=1S/C15H20O5/c1-17-12-7-6-11(14(18-2)15(12)19-3)13(16)10-5-4-8-20-9-10/h6-7,9,13,16H,4-5,8H2,1-3H3. The van der Waals surface area contributed by atoms with E-state index >= 15 is 0 Å². The molecule has 5 nitrogen and oxygen atoms in total.